The van der Waals surface area contributed by atoms with Crippen molar-refractivity contribution in [3.05, 3.63) is 0 Å². The van der Waals surface area contributed by atoms with E-state index in [9.17, 15) is 4.79 Å². The smallest absolute Gasteiger partial charge is 0.134 e. The van der Waals surface area contributed by atoms with E-state index in [4.69, 9.17) is 5.73 Å². The molecule has 0 saturated carbocycles. The number of carbonyl (C=O) groups excluding carboxylic acids is 1. The average Bonchev–Trinajstić information content (AvgIpc) is 1.88. The third kappa shape index (κ3) is 4.50. The summed E-state index contributed by atoms with van der Waals surface area (Å²) in [5, 5.41) is 0. The van der Waals surface area contributed by atoms with Crippen molar-refractivity contribution in [2.24, 2.45) is 5.73 Å². The largest absolute Gasteiger partial charge is 0.327 e. The van der Waals surface area contributed by atoms with E-state index in [1.54, 1.807) is 0 Å². The standard InChI is InChI=1S/C8H17NO/c1-3-5-8(10)6-7(9)4-2/h7H,3-6,9H2,1-2H3. The summed E-state index contributed by atoms with van der Waals surface area (Å²) in [4.78, 5) is 10.9. The molecule has 2 heteroatoms. The summed E-state index contributed by atoms with van der Waals surface area (Å²) in [5.41, 5.74) is 5.58. The van der Waals surface area contributed by atoms with Gasteiger partial charge in [-0.2, -0.15) is 0 Å². The average molecular weight is 143 g/mol. The maximum absolute atomic E-state index is 10.9. The summed E-state index contributed by atoms with van der Waals surface area (Å²) >= 11 is 0. The zero-order valence-electron chi connectivity index (χ0n) is 6.89. The molecule has 2 N–H and O–H groups in total. The van der Waals surface area contributed by atoms with E-state index in [0.29, 0.717) is 18.6 Å². The van der Waals surface area contributed by atoms with Crippen LogP contribution in [0.25, 0.3) is 0 Å². The Balaban J connectivity index is 3.37. The van der Waals surface area contributed by atoms with E-state index in [-0.39, 0.29) is 6.04 Å². The molecule has 0 spiro atoms. The second-order valence-electron chi connectivity index (χ2n) is 2.66. The van der Waals surface area contributed by atoms with Crippen molar-refractivity contribution >= 4 is 5.78 Å². The zero-order chi connectivity index (χ0) is 7.98. The van der Waals surface area contributed by atoms with Crippen LogP contribution in [0.4, 0.5) is 0 Å². The van der Waals surface area contributed by atoms with Gasteiger partial charge in [0.05, 0.1) is 0 Å². The third-order valence-corrected chi connectivity index (χ3v) is 1.54. The Hall–Kier alpha value is -0.370. The van der Waals surface area contributed by atoms with Crippen LogP contribution < -0.4 is 5.73 Å². The quantitative estimate of drug-likeness (QED) is 0.633. The van der Waals surface area contributed by atoms with E-state index in [0.717, 1.165) is 12.8 Å². The van der Waals surface area contributed by atoms with E-state index in [1.807, 2.05) is 13.8 Å². The molecule has 0 aromatic rings. The third-order valence-electron chi connectivity index (χ3n) is 1.54. The lowest BCUT2D eigenvalue weighted by Crippen LogP contribution is -2.22. The molecular weight excluding hydrogens is 126 g/mol. The fourth-order valence-electron chi connectivity index (χ4n) is 0.818. The number of hydrogen-bond donors (Lipinski definition) is 1. The fraction of sp³-hybridized carbons (Fsp3) is 0.875. The van der Waals surface area contributed by atoms with E-state index in [1.165, 1.54) is 0 Å². The molecular formula is C8H17NO. The summed E-state index contributed by atoms with van der Waals surface area (Å²) in [7, 11) is 0. The Morgan fingerprint density at radius 2 is 2.10 bits per heavy atom. The van der Waals surface area contributed by atoms with Crippen molar-refractivity contribution in [2.75, 3.05) is 0 Å². The first-order valence-corrected chi connectivity index (χ1v) is 3.98. The maximum Gasteiger partial charge on any atom is 0.134 e. The van der Waals surface area contributed by atoms with Crippen LogP contribution in [-0.2, 0) is 4.79 Å². The van der Waals surface area contributed by atoms with Crippen LogP contribution in [0, 0.1) is 0 Å². The highest BCUT2D eigenvalue weighted by atomic mass is 16.1. The molecule has 0 fully saturated rings. The van der Waals surface area contributed by atoms with Gasteiger partial charge in [-0.1, -0.05) is 13.8 Å². The van der Waals surface area contributed by atoms with Crippen LogP contribution in [0.2, 0.25) is 0 Å². The molecule has 0 aliphatic heterocycles. The molecule has 1 unspecified atom stereocenters. The van der Waals surface area contributed by atoms with Crippen LogP contribution in [0.5, 0.6) is 0 Å². The highest BCUT2D eigenvalue weighted by Crippen LogP contribution is 1.99. The minimum absolute atomic E-state index is 0.0825. The van der Waals surface area contributed by atoms with Crippen molar-refractivity contribution in [1.29, 1.82) is 0 Å². The Bertz CT molecular complexity index is 101. The first-order chi connectivity index (χ1) is 4.70. The number of Topliss-reactive ketones (excluding diaryl/α,β-unsaturated/α-hetero) is 1. The predicted octanol–water partition coefficient (Wildman–Crippen LogP) is 1.48. The number of ketones is 1. The van der Waals surface area contributed by atoms with Gasteiger partial charge >= 0.3 is 0 Å². The minimum atomic E-state index is 0.0825. The number of rotatable bonds is 5. The summed E-state index contributed by atoms with van der Waals surface area (Å²) in [5.74, 6) is 0.303. The van der Waals surface area contributed by atoms with Gasteiger partial charge in [0.1, 0.15) is 5.78 Å². The lowest BCUT2D eigenvalue weighted by atomic mass is 10.1. The summed E-state index contributed by atoms with van der Waals surface area (Å²) in [6.07, 6.45) is 3.09. The van der Waals surface area contributed by atoms with Crippen molar-refractivity contribution < 1.29 is 4.79 Å². The molecule has 1 atom stereocenters. The topological polar surface area (TPSA) is 43.1 Å². The monoisotopic (exact) mass is 143 g/mol. The van der Waals surface area contributed by atoms with Crippen LogP contribution in [0.3, 0.4) is 0 Å². The van der Waals surface area contributed by atoms with Gasteiger partial charge in [0.15, 0.2) is 0 Å². The molecule has 2 nitrogen and oxygen atoms in total. The van der Waals surface area contributed by atoms with E-state index >= 15 is 0 Å². The van der Waals surface area contributed by atoms with Gasteiger partial charge in [-0.15, -0.1) is 0 Å². The summed E-state index contributed by atoms with van der Waals surface area (Å²) in [6, 6.07) is 0.0825. The van der Waals surface area contributed by atoms with Gasteiger partial charge in [-0.3, -0.25) is 4.79 Å². The molecule has 0 aliphatic carbocycles. The Labute approximate surface area is 62.8 Å². The lowest BCUT2D eigenvalue weighted by molar-refractivity contribution is -0.119. The van der Waals surface area contributed by atoms with Gasteiger partial charge in [0.2, 0.25) is 0 Å². The SMILES string of the molecule is CCCC(=O)CC(N)CC. The normalized spacial score (nSPS) is 13.1. The predicted molar refractivity (Wildman–Crippen MR) is 42.8 cm³/mol. The molecule has 0 bridgehead atoms. The van der Waals surface area contributed by atoms with Gasteiger partial charge in [-0.05, 0) is 12.8 Å². The molecule has 60 valence electrons. The first-order valence-electron chi connectivity index (χ1n) is 3.98. The molecule has 0 radical (unpaired) electrons. The minimum Gasteiger partial charge on any atom is -0.327 e. The highest BCUT2D eigenvalue weighted by molar-refractivity contribution is 5.78. The van der Waals surface area contributed by atoms with Gasteiger partial charge < -0.3 is 5.73 Å². The summed E-state index contributed by atoms with van der Waals surface area (Å²) < 4.78 is 0. The second kappa shape index (κ2) is 5.42. The van der Waals surface area contributed by atoms with E-state index < -0.39 is 0 Å². The Kier molecular flexibility index (Phi) is 5.22. The molecule has 0 aliphatic rings. The van der Waals surface area contributed by atoms with Gasteiger partial charge in [0.25, 0.3) is 0 Å². The maximum atomic E-state index is 10.9. The van der Waals surface area contributed by atoms with Crippen molar-refractivity contribution in [3.8, 4) is 0 Å². The van der Waals surface area contributed by atoms with Crippen LogP contribution in [0.1, 0.15) is 39.5 Å². The number of carbonyl (C=O) groups is 1. The van der Waals surface area contributed by atoms with E-state index in [2.05, 4.69) is 0 Å². The van der Waals surface area contributed by atoms with Crippen LogP contribution in [-0.4, -0.2) is 11.8 Å². The lowest BCUT2D eigenvalue weighted by Gasteiger charge is -2.05. The second-order valence-corrected chi connectivity index (χ2v) is 2.66. The Morgan fingerprint density at radius 1 is 1.50 bits per heavy atom. The molecule has 0 aromatic carbocycles. The molecule has 0 saturated heterocycles. The Morgan fingerprint density at radius 3 is 2.50 bits per heavy atom. The van der Waals surface area contributed by atoms with Crippen molar-refractivity contribution in [2.45, 2.75) is 45.6 Å². The van der Waals surface area contributed by atoms with Crippen molar-refractivity contribution in [3.63, 3.8) is 0 Å². The first kappa shape index (κ1) is 9.63. The van der Waals surface area contributed by atoms with Crippen molar-refractivity contribution in [1.82, 2.24) is 0 Å². The summed E-state index contributed by atoms with van der Waals surface area (Å²) in [6.45, 7) is 4.01. The molecule has 0 rings (SSSR count). The molecule has 0 heterocycles. The number of nitrogens with two attached hydrogens (primary N) is 1. The van der Waals surface area contributed by atoms with Gasteiger partial charge in [0, 0.05) is 18.9 Å². The van der Waals surface area contributed by atoms with Crippen LogP contribution in [0.15, 0.2) is 0 Å². The molecule has 0 amide bonds. The zero-order valence-corrected chi connectivity index (χ0v) is 6.89. The van der Waals surface area contributed by atoms with Crippen LogP contribution >= 0.6 is 0 Å². The van der Waals surface area contributed by atoms with Gasteiger partial charge in [-0.25, -0.2) is 0 Å². The molecule has 0 aromatic heterocycles. The highest BCUT2D eigenvalue weighted by Gasteiger charge is 2.05. The molecule has 10 heavy (non-hydrogen) atoms. The number of hydrogen-bond acceptors (Lipinski definition) is 2. The fourth-order valence-corrected chi connectivity index (χ4v) is 0.818.